The van der Waals surface area contributed by atoms with Crippen LogP contribution in [0.3, 0.4) is 0 Å². The van der Waals surface area contributed by atoms with Crippen molar-refractivity contribution < 1.29 is 14.2 Å². The smallest absolute Gasteiger partial charge is 0.256 e. The summed E-state index contributed by atoms with van der Waals surface area (Å²) in [7, 11) is 1.69. The van der Waals surface area contributed by atoms with Crippen molar-refractivity contribution in [3.8, 4) is 28.8 Å². The molecule has 228 valence electrons. The highest BCUT2D eigenvalue weighted by atomic mass is 16.5. The third kappa shape index (κ3) is 7.91. The molecule has 5 rings (SSSR count). The van der Waals surface area contributed by atoms with E-state index in [0.717, 1.165) is 29.7 Å². The molecule has 1 atom stereocenters. The van der Waals surface area contributed by atoms with Gasteiger partial charge in [-0.2, -0.15) is 5.26 Å². The summed E-state index contributed by atoms with van der Waals surface area (Å²) in [5.74, 6) is 1.43. The first-order valence-electron chi connectivity index (χ1n) is 14.6. The summed E-state index contributed by atoms with van der Waals surface area (Å²) in [5.41, 5.74) is 9.07. The second-order valence-corrected chi connectivity index (χ2v) is 11.8. The van der Waals surface area contributed by atoms with Gasteiger partial charge in [0.2, 0.25) is 5.95 Å². The van der Waals surface area contributed by atoms with Crippen molar-refractivity contribution in [2.75, 3.05) is 32.2 Å². The van der Waals surface area contributed by atoms with Gasteiger partial charge in [0.15, 0.2) is 0 Å². The molecule has 0 unspecified atom stereocenters. The summed E-state index contributed by atoms with van der Waals surface area (Å²) >= 11 is 0. The van der Waals surface area contributed by atoms with E-state index in [9.17, 15) is 5.26 Å². The molecule has 2 N–H and O–H groups in total. The molecule has 1 aromatic carbocycles. The summed E-state index contributed by atoms with van der Waals surface area (Å²) < 4.78 is 19.7. The largest absolute Gasteiger partial charge is 0.520 e. The number of nitrogens with one attached hydrogen (secondary N) is 2. The van der Waals surface area contributed by atoms with Crippen LogP contribution in [0.15, 0.2) is 41.9 Å². The molecule has 3 aromatic rings. The second-order valence-electron chi connectivity index (χ2n) is 11.8. The van der Waals surface area contributed by atoms with Crippen molar-refractivity contribution in [2.45, 2.75) is 65.0 Å². The Morgan fingerprint density at radius 2 is 1.95 bits per heavy atom. The molecule has 0 radical (unpaired) electrons. The lowest BCUT2D eigenvalue weighted by Gasteiger charge is -2.24. The number of nitrogens with zero attached hydrogens (tertiary/aromatic N) is 8. The molecule has 0 spiro atoms. The van der Waals surface area contributed by atoms with Gasteiger partial charge in [-0.05, 0) is 37.5 Å². The van der Waals surface area contributed by atoms with Crippen LogP contribution >= 0.6 is 0 Å². The van der Waals surface area contributed by atoms with Crippen LogP contribution in [0.2, 0.25) is 0 Å². The minimum atomic E-state index is -0.233. The molecule has 0 saturated heterocycles. The molecule has 2 aromatic heterocycles. The van der Waals surface area contributed by atoms with E-state index in [4.69, 9.17) is 19.3 Å². The molecule has 3 heterocycles. The molecule has 1 saturated carbocycles. The minimum absolute atomic E-state index is 0.171. The number of benzene rings is 1. The normalized spacial score (nSPS) is 16.0. The zero-order valence-corrected chi connectivity index (χ0v) is 25.2. The Labute approximate surface area is 252 Å². The maximum Gasteiger partial charge on any atom is 0.256 e. The Hall–Kier alpha value is -4.41. The first-order chi connectivity index (χ1) is 20.8. The van der Waals surface area contributed by atoms with Crippen molar-refractivity contribution >= 4 is 18.0 Å². The minimum Gasteiger partial charge on any atom is -0.520 e. The van der Waals surface area contributed by atoms with Crippen LogP contribution in [0.25, 0.3) is 16.7 Å². The van der Waals surface area contributed by atoms with Crippen LogP contribution in [0, 0.1) is 16.7 Å². The molecule has 1 aliphatic carbocycles. The summed E-state index contributed by atoms with van der Waals surface area (Å²) in [5, 5.41) is 23.2. The van der Waals surface area contributed by atoms with Crippen molar-refractivity contribution in [2.24, 2.45) is 10.5 Å². The Morgan fingerprint density at radius 3 is 2.65 bits per heavy atom. The Morgan fingerprint density at radius 1 is 1.16 bits per heavy atom. The number of ether oxygens (including phenoxy) is 3. The lowest BCUT2D eigenvalue weighted by molar-refractivity contribution is 0.0626. The van der Waals surface area contributed by atoms with Crippen LogP contribution in [0.5, 0.6) is 11.6 Å². The van der Waals surface area contributed by atoms with Crippen molar-refractivity contribution in [1.82, 2.24) is 30.3 Å². The number of hydrogen-bond donors (Lipinski definition) is 2. The van der Waals surface area contributed by atoms with Gasteiger partial charge in [0.25, 0.3) is 5.88 Å². The van der Waals surface area contributed by atoms with Gasteiger partial charge in [0, 0.05) is 30.5 Å². The molecule has 13 heteroatoms. The van der Waals surface area contributed by atoms with Crippen molar-refractivity contribution in [3.63, 3.8) is 0 Å². The molecule has 1 fully saturated rings. The molecule has 1 aliphatic heterocycles. The zero-order chi connectivity index (χ0) is 30.2. The average molecular weight is 588 g/mol. The van der Waals surface area contributed by atoms with Gasteiger partial charge in [-0.3, -0.25) is 10.2 Å². The fourth-order valence-corrected chi connectivity index (χ4v) is 5.17. The Kier molecular flexibility index (Phi) is 9.58. The van der Waals surface area contributed by atoms with Gasteiger partial charge < -0.3 is 35.2 Å². The zero-order valence-electron chi connectivity index (χ0n) is 25.2. The van der Waals surface area contributed by atoms with Crippen LogP contribution in [-0.2, 0) is 4.74 Å². The van der Waals surface area contributed by atoms with Gasteiger partial charge >= 0.3 is 0 Å². The van der Waals surface area contributed by atoms with E-state index in [0.29, 0.717) is 48.9 Å². The topological polar surface area (TPSA) is 149 Å². The van der Waals surface area contributed by atoms with Crippen molar-refractivity contribution in [3.05, 3.63) is 47.9 Å². The monoisotopic (exact) mass is 587 g/mol. The molecular formula is C30H39N10O3-. The number of anilines is 2. The average Bonchev–Trinajstić information content (AvgIpc) is 3.67. The molecular weight excluding hydrogens is 548 g/mol. The number of methoxy groups -OCH3 is 1. The summed E-state index contributed by atoms with van der Waals surface area (Å²) in [6.45, 7) is 7.64. The highest BCUT2D eigenvalue weighted by Crippen LogP contribution is 2.34. The lowest BCUT2D eigenvalue weighted by atomic mass is 9.96. The van der Waals surface area contributed by atoms with Gasteiger partial charge in [-0.25, -0.2) is 9.97 Å². The number of hydrazine groups is 1. The lowest BCUT2D eigenvalue weighted by Crippen LogP contribution is -2.37. The third-order valence-electron chi connectivity index (χ3n) is 7.32. The number of nitriles is 1. The molecule has 2 aliphatic rings. The van der Waals surface area contributed by atoms with E-state index < -0.39 is 0 Å². The molecule has 0 bridgehead atoms. The number of aromatic nitrogens is 4. The summed E-state index contributed by atoms with van der Waals surface area (Å²) in [4.78, 5) is 9.15. The van der Waals surface area contributed by atoms with Gasteiger partial charge in [0.05, 0.1) is 43.9 Å². The van der Waals surface area contributed by atoms with E-state index in [1.54, 1.807) is 36.9 Å². The van der Waals surface area contributed by atoms with Crippen LogP contribution in [-0.4, -0.2) is 64.1 Å². The number of hydrogen-bond acceptors (Lipinski definition) is 11. The predicted molar refractivity (Wildman–Crippen MR) is 163 cm³/mol. The van der Waals surface area contributed by atoms with Gasteiger partial charge in [-0.1, -0.05) is 39.2 Å². The third-order valence-corrected chi connectivity index (χ3v) is 7.32. The van der Waals surface area contributed by atoms with E-state index in [-0.39, 0.29) is 11.5 Å². The maximum atomic E-state index is 9.63. The van der Waals surface area contributed by atoms with Crippen LogP contribution < -0.4 is 20.3 Å². The highest BCUT2D eigenvalue weighted by molar-refractivity contribution is 5.67. The maximum absolute atomic E-state index is 9.63. The van der Waals surface area contributed by atoms with Crippen LogP contribution in [0.1, 0.15) is 64.5 Å². The first-order valence-corrected chi connectivity index (χ1v) is 14.6. The standard InChI is InChI=1S/C30H39N10O3/c1-21(16-39-20-34-37-38-39)43-27-12-22(10-11-23(27)13-31)24-14-32-29(33-15-24)35-26-17-40(25-8-6-5-7-9-25)36-28(26)42-19-30(2,3)18-41-4/h10-12,14-15,17,20-21,25,38H,5-9,16,18-19H2,1-4H3,(H,32,33,35)/q-1/t21-/m0/s1. The van der Waals surface area contributed by atoms with Gasteiger partial charge in [-0.15, -0.1) is 5.10 Å². The number of rotatable bonds is 13. The van der Waals surface area contributed by atoms with E-state index in [1.807, 2.05) is 29.9 Å². The SMILES string of the molecule is COCC(C)(C)COc1nn(C2CCCCC2)cc1Nc1ncc(-c2ccc(C#N)c(O[C@@H](C)CN3C=N[N-]N3)c2)cn1. The van der Waals surface area contributed by atoms with E-state index in [2.05, 4.69) is 51.4 Å². The van der Waals surface area contributed by atoms with Gasteiger partial charge in [0.1, 0.15) is 23.6 Å². The first kappa shape index (κ1) is 30.1. The molecule has 13 nitrogen and oxygen atoms in total. The van der Waals surface area contributed by atoms with E-state index in [1.165, 1.54) is 19.3 Å². The fraction of sp³-hybridized carbons (Fsp3) is 0.500. The molecule has 43 heavy (non-hydrogen) atoms. The Bertz CT molecular complexity index is 1430. The second kappa shape index (κ2) is 13.7. The summed E-state index contributed by atoms with van der Waals surface area (Å²) in [6, 6.07) is 7.98. The highest BCUT2D eigenvalue weighted by Gasteiger charge is 2.24. The summed E-state index contributed by atoms with van der Waals surface area (Å²) in [6.07, 6.45) is 12.7. The van der Waals surface area contributed by atoms with Crippen LogP contribution in [0.4, 0.5) is 11.6 Å². The van der Waals surface area contributed by atoms with Crippen molar-refractivity contribution in [1.29, 1.82) is 5.26 Å². The fourth-order valence-electron chi connectivity index (χ4n) is 5.17. The Balaban J connectivity index is 1.31. The quantitative estimate of drug-likeness (QED) is 0.269. The van der Waals surface area contributed by atoms with E-state index >= 15 is 0 Å². The predicted octanol–water partition coefficient (Wildman–Crippen LogP) is 5.33. The molecule has 0 amide bonds.